The molecule has 366 valence electrons. The number of hydrogen-bond donors (Lipinski definition) is 5. The molecule has 4 aromatic heterocycles. The average Bonchev–Trinajstić information content (AvgIpc) is 3.27. The fourth-order valence-electron chi connectivity index (χ4n) is 5.84. The maximum absolute atomic E-state index is 12.0. The Morgan fingerprint density at radius 3 is 1.19 bits per heavy atom. The molecule has 7 heterocycles. The number of rotatable bonds is 8. The largest absolute Gasteiger partial charge is 0.477 e. The van der Waals surface area contributed by atoms with Crippen LogP contribution in [-0.2, 0) is 23.7 Å². The van der Waals surface area contributed by atoms with Crippen LogP contribution in [0.15, 0.2) is 82.3 Å². The van der Waals surface area contributed by atoms with Crippen LogP contribution in [0.3, 0.4) is 0 Å². The lowest BCUT2D eigenvalue weighted by Gasteiger charge is -2.24. The molecule has 6 N–H and O–H groups in total. The number of esters is 2. The topological polar surface area (TPSA) is 257 Å². The van der Waals surface area contributed by atoms with Gasteiger partial charge in [-0.15, -0.1) is 0 Å². The summed E-state index contributed by atoms with van der Waals surface area (Å²) in [7, 11) is 0. The first-order chi connectivity index (χ1) is 31.7. The lowest BCUT2D eigenvalue weighted by atomic mass is 10.1. The molecule has 3 aliphatic rings. The van der Waals surface area contributed by atoms with Gasteiger partial charge in [-0.05, 0) is 129 Å². The van der Waals surface area contributed by atoms with Crippen molar-refractivity contribution in [2.45, 2.75) is 109 Å². The van der Waals surface area contributed by atoms with Gasteiger partial charge in [-0.2, -0.15) is 0 Å². The molecular weight excluding hydrogens is 998 g/mol. The summed E-state index contributed by atoms with van der Waals surface area (Å²) in [5.74, 6) is -2.82. The van der Waals surface area contributed by atoms with Gasteiger partial charge in [-0.25, -0.2) is 39.1 Å². The molecule has 0 atom stereocenters. The Hall–Kier alpha value is -5.12. The van der Waals surface area contributed by atoms with Gasteiger partial charge in [0.25, 0.3) is 0 Å². The molecule has 3 fully saturated rings. The fourth-order valence-corrected chi connectivity index (χ4v) is 6.51. The number of carboxylic acids is 2. The summed E-state index contributed by atoms with van der Waals surface area (Å²) in [5.41, 5.74) is 7.02. The van der Waals surface area contributed by atoms with Gasteiger partial charge in [0.1, 0.15) is 34.0 Å². The first-order valence-electron chi connectivity index (χ1n) is 21.8. The number of carbonyl (C=O) groups is 4. The van der Waals surface area contributed by atoms with Gasteiger partial charge in [0.15, 0.2) is 0 Å². The minimum Gasteiger partial charge on any atom is -0.477 e. The van der Waals surface area contributed by atoms with E-state index in [1.807, 2.05) is 47.6 Å². The van der Waals surface area contributed by atoms with Crippen molar-refractivity contribution in [1.82, 2.24) is 19.9 Å². The van der Waals surface area contributed by atoms with Crippen molar-refractivity contribution in [3.05, 3.63) is 105 Å². The first kappa shape index (κ1) is 56.2. The zero-order valence-electron chi connectivity index (χ0n) is 38.8. The van der Waals surface area contributed by atoms with Gasteiger partial charge in [-0.3, -0.25) is 0 Å². The van der Waals surface area contributed by atoms with E-state index in [9.17, 15) is 19.2 Å². The minimum absolute atomic E-state index is 0.0503. The highest BCUT2D eigenvalue weighted by Gasteiger charge is 2.21. The molecule has 0 radical (unpaired) electrons. The summed E-state index contributed by atoms with van der Waals surface area (Å²) in [5, 5.41) is 23.9. The van der Waals surface area contributed by atoms with Crippen LogP contribution in [0.2, 0.25) is 0 Å². The Kier molecular flexibility index (Phi) is 24.3. The molecule has 3 aliphatic heterocycles. The highest BCUT2D eigenvalue weighted by atomic mass is 79.9. The number of carbonyl (C=O) groups excluding carboxylic acids is 2. The van der Waals surface area contributed by atoms with E-state index >= 15 is 0 Å². The summed E-state index contributed by atoms with van der Waals surface area (Å²) in [6, 6.07) is 14.6. The second-order valence-electron chi connectivity index (χ2n) is 17.2. The third kappa shape index (κ3) is 24.5. The monoisotopic (exact) mass is 1060 g/mol. The molecule has 0 amide bonds. The van der Waals surface area contributed by atoms with Crippen LogP contribution in [0, 0.1) is 0 Å². The number of nitrogens with zero attached hydrogens (tertiary/aromatic N) is 4. The number of nitrogens with two attached hydrogens (primary N) is 1. The van der Waals surface area contributed by atoms with Crippen molar-refractivity contribution < 1.29 is 53.1 Å². The molecule has 3 saturated heterocycles. The SMILES string of the molecule is CC(C)(C)OC(=O)c1cc(Br)ccn1.CC(C)(C)OC(=O)c1cc(NC2CCOCC2)ccn1.NC1CCOCC1.O=C(O)c1cc(Br)ccn1.O=C(O)c1cc(NC2CCOCC2)ccn1. The number of hydrogen-bond acceptors (Lipinski definition) is 16. The molecule has 0 aliphatic carbocycles. The van der Waals surface area contributed by atoms with Crippen molar-refractivity contribution in [3.8, 4) is 0 Å². The summed E-state index contributed by atoms with van der Waals surface area (Å²) in [6.07, 6.45) is 12.1. The van der Waals surface area contributed by atoms with E-state index in [4.69, 9.17) is 39.6 Å². The standard InChI is InChI=1S/C15H22N2O3.C11H14N2O3.C10H12BrNO2.C6H4BrNO2.C5H11NO/c1-15(2,3)20-14(18)13-10-12(4-7-16-13)17-11-5-8-19-9-6-11;14-11(15)10-7-9(1-4-12-10)13-8-2-5-16-6-3-8;1-10(2,3)14-9(13)8-6-7(11)4-5-12-8;7-4-1-2-8-5(3-4)6(9)10;6-5-1-3-7-4-2-5/h4,7,10-11H,5-6,8-9H2,1-3H3,(H,16,17);1,4,7-8H,2-3,5-6H2,(H,12,13)(H,14,15);4-6H,1-3H3;1-3H,(H,9,10);5H,1-4,6H2. The first-order valence-corrected chi connectivity index (χ1v) is 23.4. The highest BCUT2D eigenvalue weighted by molar-refractivity contribution is 9.10. The molecule has 7 rings (SSSR count). The van der Waals surface area contributed by atoms with Gasteiger partial charge in [0.2, 0.25) is 0 Å². The normalized spacial score (nSPS) is 15.4. The predicted molar refractivity (Wildman–Crippen MR) is 260 cm³/mol. The number of aromatic nitrogens is 4. The molecule has 0 bridgehead atoms. The Morgan fingerprint density at radius 2 is 0.866 bits per heavy atom. The maximum Gasteiger partial charge on any atom is 0.357 e. The molecule has 0 saturated carbocycles. The summed E-state index contributed by atoms with van der Waals surface area (Å²) in [4.78, 5) is 59.9. The van der Waals surface area contributed by atoms with Crippen LogP contribution in [0.25, 0.3) is 0 Å². The summed E-state index contributed by atoms with van der Waals surface area (Å²) in [6.45, 7) is 15.8. The van der Waals surface area contributed by atoms with Crippen LogP contribution >= 0.6 is 31.9 Å². The highest BCUT2D eigenvalue weighted by Crippen LogP contribution is 2.19. The van der Waals surface area contributed by atoms with Crippen LogP contribution < -0.4 is 16.4 Å². The summed E-state index contributed by atoms with van der Waals surface area (Å²) < 4.78 is 27.7. The number of anilines is 2. The Balaban J connectivity index is 0.000000231. The smallest absolute Gasteiger partial charge is 0.357 e. The Labute approximate surface area is 408 Å². The minimum atomic E-state index is -1.01. The summed E-state index contributed by atoms with van der Waals surface area (Å²) >= 11 is 6.39. The molecule has 18 nitrogen and oxygen atoms in total. The molecular formula is C47H63Br2N7O11. The molecule has 20 heteroatoms. The zero-order chi connectivity index (χ0) is 49.4. The average molecular weight is 1060 g/mol. The lowest BCUT2D eigenvalue weighted by Crippen LogP contribution is -2.28. The predicted octanol–water partition coefficient (Wildman–Crippen LogP) is 8.46. The van der Waals surface area contributed by atoms with E-state index < -0.39 is 35.1 Å². The van der Waals surface area contributed by atoms with Crippen molar-refractivity contribution >= 4 is 67.1 Å². The van der Waals surface area contributed by atoms with E-state index in [1.165, 1.54) is 18.5 Å². The quantitative estimate of drug-likeness (QED) is 0.104. The van der Waals surface area contributed by atoms with Crippen molar-refractivity contribution in [2.24, 2.45) is 5.73 Å². The molecule has 4 aromatic rings. The van der Waals surface area contributed by atoms with Crippen molar-refractivity contribution in [2.75, 3.05) is 50.3 Å². The van der Waals surface area contributed by atoms with Gasteiger partial charge >= 0.3 is 23.9 Å². The zero-order valence-corrected chi connectivity index (χ0v) is 42.0. The van der Waals surface area contributed by atoms with Crippen LogP contribution in [0.4, 0.5) is 11.4 Å². The Bertz CT molecular complexity index is 2150. The molecule has 0 spiro atoms. The maximum atomic E-state index is 12.0. The molecule has 0 unspecified atom stereocenters. The lowest BCUT2D eigenvalue weighted by molar-refractivity contribution is 0.00505. The van der Waals surface area contributed by atoms with Gasteiger partial charge in [0.05, 0.1) is 0 Å². The van der Waals surface area contributed by atoms with Crippen LogP contribution in [-0.4, -0.2) is 123 Å². The second-order valence-corrected chi connectivity index (χ2v) is 19.0. The number of ether oxygens (including phenoxy) is 5. The van der Waals surface area contributed by atoms with Crippen LogP contribution in [0.1, 0.15) is 122 Å². The van der Waals surface area contributed by atoms with Gasteiger partial charge < -0.3 is 50.3 Å². The van der Waals surface area contributed by atoms with E-state index in [1.54, 1.807) is 48.8 Å². The molecule has 0 aromatic carbocycles. The third-order valence-corrected chi connectivity index (χ3v) is 10.1. The number of aromatic carboxylic acids is 2. The van der Waals surface area contributed by atoms with Gasteiger partial charge in [0, 0.05) is 103 Å². The fraction of sp³-hybridized carbons (Fsp3) is 0.489. The van der Waals surface area contributed by atoms with E-state index in [0.717, 1.165) is 98.5 Å². The van der Waals surface area contributed by atoms with E-state index in [2.05, 4.69) is 62.4 Å². The van der Waals surface area contributed by atoms with Crippen molar-refractivity contribution in [1.29, 1.82) is 0 Å². The molecule has 67 heavy (non-hydrogen) atoms. The van der Waals surface area contributed by atoms with E-state index in [0.29, 0.717) is 29.5 Å². The van der Waals surface area contributed by atoms with E-state index in [-0.39, 0.29) is 11.4 Å². The third-order valence-electron chi connectivity index (χ3n) is 9.07. The van der Waals surface area contributed by atoms with Crippen LogP contribution in [0.5, 0.6) is 0 Å². The second kappa shape index (κ2) is 28.9. The number of halogens is 2. The Morgan fingerprint density at radius 1 is 0.552 bits per heavy atom. The number of pyridine rings is 4. The number of carboxylic acid groups (broad SMARTS) is 2. The van der Waals surface area contributed by atoms with Crippen molar-refractivity contribution in [3.63, 3.8) is 0 Å². The number of nitrogens with one attached hydrogen (secondary N) is 2. The van der Waals surface area contributed by atoms with Gasteiger partial charge in [-0.1, -0.05) is 31.9 Å².